The molecule has 5 heteroatoms. The lowest BCUT2D eigenvalue weighted by molar-refractivity contribution is -0.120. The molecule has 0 bridgehead atoms. The lowest BCUT2D eigenvalue weighted by Gasteiger charge is -2.22. The van der Waals surface area contributed by atoms with Crippen molar-refractivity contribution in [2.24, 2.45) is 0 Å². The number of hydrogen-bond acceptors (Lipinski definition) is 5. The zero-order valence-corrected chi connectivity index (χ0v) is 8.66. The van der Waals surface area contributed by atoms with E-state index in [-0.39, 0.29) is 17.8 Å². The number of Topliss-reactive ketones (excluding diaryl/α,β-unsaturated/α-hetero) is 1. The smallest absolute Gasteiger partial charge is 0.220 e. The van der Waals surface area contributed by atoms with Crippen molar-refractivity contribution in [3.05, 3.63) is 17.5 Å². The molecule has 1 fully saturated rings. The van der Waals surface area contributed by atoms with Gasteiger partial charge in [-0.1, -0.05) is 0 Å². The molecule has 1 saturated heterocycles. The second-order valence-corrected chi connectivity index (χ2v) is 3.79. The second kappa shape index (κ2) is 3.94. The van der Waals surface area contributed by atoms with Gasteiger partial charge in [-0.25, -0.2) is 9.97 Å². The molecule has 0 amide bonds. The highest BCUT2D eigenvalue weighted by atomic mass is 16.1. The molecule has 1 unspecified atom stereocenters. The highest BCUT2D eigenvalue weighted by Gasteiger charge is 2.21. The van der Waals surface area contributed by atoms with Gasteiger partial charge in [0.15, 0.2) is 0 Å². The summed E-state index contributed by atoms with van der Waals surface area (Å²) >= 11 is 0. The van der Waals surface area contributed by atoms with Gasteiger partial charge in [-0.05, 0) is 13.0 Å². The number of rotatable bonds is 1. The summed E-state index contributed by atoms with van der Waals surface area (Å²) in [5, 5.41) is 3.25. The van der Waals surface area contributed by atoms with E-state index in [4.69, 9.17) is 5.73 Å². The number of ketones is 1. The summed E-state index contributed by atoms with van der Waals surface area (Å²) in [6.07, 6.45) is 1.10. The van der Waals surface area contributed by atoms with E-state index in [0.29, 0.717) is 19.4 Å². The van der Waals surface area contributed by atoms with Crippen molar-refractivity contribution in [3.8, 4) is 0 Å². The predicted molar refractivity (Wildman–Crippen MR) is 56.2 cm³/mol. The lowest BCUT2D eigenvalue weighted by atomic mass is 10.0. The van der Waals surface area contributed by atoms with Gasteiger partial charge in [0, 0.05) is 25.1 Å². The van der Waals surface area contributed by atoms with Crippen molar-refractivity contribution < 1.29 is 4.79 Å². The Bertz CT molecular complexity index is 371. The maximum Gasteiger partial charge on any atom is 0.220 e. The summed E-state index contributed by atoms with van der Waals surface area (Å²) in [4.78, 5) is 19.4. The fourth-order valence-corrected chi connectivity index (χ4v) is 1.79. The zero-order chi connectivity index (χ0) is 10.8. The van der Waals surface area contributed by atoms with Gasteiger partial charge < -0.3 is 11.1 Å². The first-order chi connectivity index (χ1) is 7.15. The molecule has 1 aromatic rings. The van der Waals surface area contributed by atoms with Crippen LogP contribution in [0.2, 0.25) is 0 Å². The van der Waals surface area contributed by atoms with Gasteiger partial charge in [-0.3, -0.25) is 4.79 Å². The molecule has 1 aliphatic heterocycles. The number of nitrogens with one attached hydrogen (secondary N) is 1. The number of piperidine rings is 1. The van der Waals surface area contributed by atoms with Crippen LogP contribution < -0.4 is 11.1 Å². The molecule has 0 radical (unpaired) electrons. The Morgan fingerprint density at radius 3 is 3.00 bits per heavy atom. The maximum atomic E-state index is 11.3. The number of nitrogens with two attached hydrogens (primary N) is 1. The highest BCUT2D eigenvalue weighted by molar-refractivity contribution is 5.80. The Morgan fingerprint density at radius 1 is 1.53 bits per heavy atom. The van der Waals surface area contributed by atoms with Crippen LogP contribution in [0.5, 0.6) is 0 Å². The largest absolute Gasteiger partial charge is 0.368 e. The topological polar surface area (TPSA) is 80.9 Å². The van der Waals surface area contributed by atoms with Crippen LogP contribution in [0.1, 0.15) is 30.3 Å². The SMILES string of the molecule is Cc1cc(C2CC(=O)CCN2)nc(N)n1. The Labute approximate surface area is 88.1 Å². The minimum Gasteiger partial charge on any atom is -0.368 e. The normalized spacial score (nSPS) is 21.7. The van der Waals surface area contributed by atoms with E-state index in [2.05, 4.69) is 15.3 Å². The van der Waals surface area contributed by atoms with Gasteiger partial charge in [0.25, 0.3) is 0 Å². The van der Waals surface area contributed by atoms with Crippen molar-refractivity contribution in [1.82, 2.24) is 15.3 Å². The summed E-state index contributed by atoms with van der Waals surface area (Å²) in [5.41, 5.74) is 7.21. The van der Waals surface area contributed by atoms with Crippen LogP contribution >= 0.6 is 0 Å². The van der Waals surface area contributed by atoms with Crippen molar-refractivity contribution in [1.29, 1.82) is 0 Å². The number of aromatic nitrogens is 2. The monoisotopic (exact) mass is 206 g/mol. The average molecular weight is 206 g/mol. The second-order valence-electron chi connectivity index (χ2n) is 3.79. The molecule has 1 aliphatic rings. The molecule has 1 aromatic heterocycles. The standard InChI is InChI=1S/C10H14N4O/c1-6-4-9(14-10(11)13-6)8-5-7(15)2-3-12-8/h4,8,12H,2-3,5H2,1H3,(H2,11,13,14). The van der Waals surface area contributed by atoms with E-state index in [9.17, 15) is 4.79 Å². The molecule has 2 rings (SSSR count). The molecule has 0 spiro atoms. The molecular formula is C10H14N4O. The third kappa shape index (κ3) is 2.30. The number of nitrogens with zero attached hydrogens (tertiary/aromatic N) is 2. The van der Waals surface area contributed by atoms with E-state index in [1.165, 1.54) is 0 Å². The van der Waals surface area contributed by atoms with Crippen molar-refractivity contribution >= 4 is 11.7 Å². The van der Waals surface area contributed by atoms with Gasteiger partial charge in [0.05, 0.1) is 11.7 Å². The maximum absolute atomic E-state index is 11.3. The summed E-state index contributed by atoms with van der Waals surface area (Å²) in [5.74, 6) is 0.540. The number of hydrogen-bond donors (Lipinski definition) is 2. The van der Waals surface area contributed by atoms with E-state index >= 15 is 0 Å². The zero-order valence-electron chi connectivity index (χ0n) is 8.66. The van der Waals surface area contributed by atoms with Crippen molar-refractivity contribution in [2.75, 3.05) is 12.3 Å². The molecule has 0 aliphatic carbocycles. The quantitative estimate of drug-likeness (QED) is 0.693. The third-order valence-corrected chi connectivity index (χ3v) is 2.47. The molecule has 80 valence electrons. The van der Waals surface area contributed by atoms with Crippen LogP contribution in [0.3, 0.4) is 0 Å². The van der Waals surface area contributed by atoms with Crippen LogP contribution in [-0.2, 0) is 4.79 Å². The fourth-order valence-electron chi connectivity index (χ4n) is 1.79. The Hall–Kier alpha value is -1.49. The van der Waals surface area contributed by atoms with Gasteiger partial charge in [0.2, 0.25) is 5.95 Å². The number of aryl methyl sites for hydroxylation is 1. The highest BCUT2D eigenvalue weighted by Crippen LogP contribution is 2.20. The van der Waals surface area contributed by atoms with Crippen LogP contribution in [0.15, 0.2) is 6.07 Å². The van der Waals surface area contributed by atoms with E-state index in [1.807, 2.05) is 13.0 Å². The minimum absolute atomic E-state index is 0.00440. The van der Waals surface area contributed by atoms with Crippen LogP contribution in [0.25, 0.3) is 0 Å². The molecule has 5 nitrogen and oxygen atoms in total. The van der Waals surface area contributed by atoms with Crippen LogP contribution in [-0.4, -0.2) is 22.3 Å². The average Bonchev–Trinajstić information content (AvgIpc) is 2.16. The van der Waals surface area contributed by atoms with E-state index in [0.717, 1.165) is 11.4 Å². The molecule has 15 heavy (non-hydrogen) atoms. The number of anilines is 1. The van der Waals surface area contributed by atoms with Gasteiger partial charge in [-0.2, -0.15) is 0 Å². The lowest BCUT2D eigenvalue weighted by Crippen LogP contribution is -2.32. The first-order valence-electron chi connectivity index (χ1n) is 5.01. The number of carbonyl (C=O) groups is 1. The molecule has 1 atom stereocenters. The third-order valence-electron chi connectivity index (χ3n) is 2.47. The first-order valence-corrected chi connectivity index (χ1v) is 5.01. The minimum atomic E-state index is -0.00440. The van der Waals surface area contributed by atoms with Crippen molar-refractivity contribution in [3.63, 3.8) is 0 Å². The van der Waals surface area contributed by atoms with Crippen LogP contribution in [0, 0.1) is 6.92 Å². The summed E-state index contributed by atoms with van der Waals surface area (Å²) in [7, 11) is 0. The Balaban J connectivity index is 2.24. The molecule has 3 N–H and O–H groups in total. The molecule has 0 aromatic carbocycles. The predicted octanol–water partition coefficient (Wildman–Crippen LogP) is 0.361. The summed E-state index contributed by atoms with van der Waals surface area (Å²) in [6, 6.07) is 1.86. The fraction of sp³-hybridized carbons (Fsp3) is 0.500. The Morgan fingerprint density at radius 2 is 2.33 bits per heavy atom. The first kappa shape index (κ1) is 10.0. The number of carbonyl (C=O) groups excluding carboxylic acids is 1. The van der Waals surface area contributed by atoms with Crippen LogP contribution in [0.4, 0.5) is 5.95 Å². The van der Waals surface area contributed by atoms with Gasteiger partial charge >= 0.3 is 0 Å². The summed E-state index contributed by atoms with van der Waals surface area (Å²) in [6.45, 7) is 2.58. The molecule has 2 heterocycles. The molecule has 0 saturated carbocycles. The number of nitrogen functional groups attached to an aromatic ring is 1. The Kier molecular flexibility index (Phi) is 2.64. The van der Waals surface area contributed by atoms with E-state index in [1.54, 1.807) is 0 Å². The van der Waals surface area contributed by atoms with E-state index < -0.39 is 0 Å². The molecular weight excluding hydrogens is 192 g/mol. The summed E-state index contributed by atoms with van der Waals surface area (Å²) < 4.78 is 0. The van der Waals surface area contributed by atoms with Gasteiger partial charge in [0.1, 0.15) is 5.78 Å². The van der Waals surface area contributed by atoms with Crippen molar-refractivity contribution in [2.45, 2.75) is 25.8 Å². The van der Waals surface area contributed by atoms with Gasteiger partial charge in [-0.15, -0.1) is 0 Å².